The number of nitrogens with one attached hydrogen (secondary N) is 1. The minimum absolute atomic E-state index is 0.669. The zero-order chi connectivity index (χ0) is 19.1. The maximum Gasteiger partial charge on any atom is 0.162 e. The standard InChI is InChI=1S/C12H11N3O2.C8H16OS/c1-16-10-3-7-8(4-11(10)17-2)13-5-9-12(7)15-6-14-9;1-10-9-7-8-5-3-2-4-6-8/h3-6H,1-2H3,(H,14,15);8H,2-7H2,1H3. The summed E-state index contributed by atoms with van der Waals surface area (Å²) < 4.78 is 15.8. The molecule has 4 rings (SSSR count). The molecule has 0 spiro atoms. The largest absolute Gasteiger partial charge is 0.493 e. The van der Waals surface area contributed by atoms with E-state index in [2.05, 4.69) is 15.0 Å². The van der Waals surface area contributed by atoms with Gasteiger partial charge in [-0.3, -0.25) is 4.98 Å². The number of imidazole rings is 1. The highest BCUT2D eigenvalue weighted by molar-refractivity contribution is 7.93. The lowest BCUT2D eigenvalue weighted by atomic mass is 9.90. The first-order chi connectivity index (χ1) is 13.3. The molecule has 0 unspecified atom stereocenters. The summed E-state index contributed by atoms with van der Waals surface area (Å²) in [4.78, 5) is 11.7. The second-order valence-electron chi connectivity index (χ2n) is 6.60. The van der Waals surface area contributed by atoms with Crippen molar-refractivity contribution in [3.8, 4) is 11.5 Å². The van der Waals surface area contributed by atoms with Crippen molar-refractivity contribution in [2.45, 2.75) is 32.1 Å². The van der Waals surface area contributed by atoms with Crippen molar-refractivity contribution in [3.63, 3.8) is 0 Å². The van der Waals surface area contributed by atoms with Gasteiger partial charge in [0.2, 0.25) is 0 Å². The van der Waals surface area contributed by atoms with Crippen LogP contribution < -0.4 is 9.47 Å². The van der Waals surface area contributed by atoms with Crippen LogP contribution in [0.25, 0.3) is 21.9 Å². The molecule has 0 bridgehead atoms. The molecule has 2 aromatic heterocycles. The summed E-state index contributed by atoms with van der Waals surface area (Å²) in [7, 11) is 3.22. The van der Waals surface area contributed by atoms with Crippen LogP contribution in [0.1, 0.15) is 32.1 Å². The minimum atomic E-state index is 0.669. The lowest BCUT2D eigenvalue weighted by Gasteiger charge is -2.20. The third kappa shape index (κ3) is 4.84. The molecule has 1 saturated carbocycles. The minimum Gasteiger partial charge on any atom is -0.493 e. The van der Waals surface area contributed by atoms with Crippen LogP contribution >= 0.6 is 12.0 Å². The Morgan fingerprint density at radius 2 is 1.81 bits per heavy atom. The number of rotatable bonds is 5. The van der Waals surface area contributed by atoms with E-state index in [9.17, 15) is 0 Å². The van der Waals surface area contributed by atoms with Crippen molar-refractivity contribution in [2.24, 2.45) is 5.92 Å². The normalized spacial score (nSPS) is 14.8. The van der Waals surface area contributed by atoms with Crippen LogP contribution in [0.5, 0.6) is 11.5 Å². The van der Waals surface area contributed by atoms with Crippen LogP contribution in [-0.2, 0) is 4.18 Å². The number of H-pyrrole nitrogens is 1. The lowest BCUT2D eigenvalue weighted by molar-refractivity contribution is 0.235. The van der Waals surface area contributed by atoms with Crippen LogP contribution in [0, 0.1) is 5.92 Å². The van der Waals surface area contributed by atoms with Gasteiger partial charge in [-0.15, -0.1) is 0 Å². The first kappa shape index (κ1) is 19.8. The van der Waals surface area contributed by atoms with E-state index >= 15 is 0 Å². The molecule has 0 atom stereocenters. The molecule has 27 heavy (non-hydrogen) atoms. The van der Waals surface area contributed by atoms with Crippen molar-refractivity contribution in [3.05, 3.63) is 24.7 Å². The topological polar surface area (TPSA) is 69.3 Å². The van der Waals surface area contributed by atoms with Crippen molar-refractivity contribution in [2.75, 3.05) is 27.1 Å². The summed E-state index contributed by atoms with van der Waals surface area (Å²) in [6, 6.07) is 3.74. The van der Waals surface area contributed by atoms with Gasteiger partial charge in [-0.2, -0.15) is 0 Å². The van der Waals surface area contributed by atoms with Crippen LogP contribution in [0.15, 0.2) is 24.7 Å². The van der Waals surface area contributed by atoms with Gasteiger partial charge in [0, 0.05) is 17.7 Å². The van der Waals surface area contributed by atoms with Gasteiger partial charge in [0.15, 0.2) is 11.5 Å². The summed E-state index contributed by atoms with van der Waals surface area (Å²) >= 11 is 1.50. The van der Waals surface area contributed by atoms with Crippen LogP contribution in [-0.4, -0.2) is 42.0 Å². The zero-order valence-electron chi connectivity index (χ0n) is 16.2. The van der Waals surface area contributed by atoms with Gasteiger partial charge in [-0.25, -0.2) is 4.98 Å². The molecular weight excluding hydrogens is 362 g/mol. The SMILES string of the molecule is COc1cc2ncc3[nH]cnc3c2cc1OC.CSOCC1CCCCC1. The molecule has 1 fully saturated rings. The molecule has 1 aliphatic rings. The van der Waals surface area contributed by atoms with Gasteiger partial charge in [0.1, 0.15) is 0 Å². The van der Waals surface area contributed by atoms with E-state index in [1.807, 2.05) is 18.4 Å². The third-order valence-corrected chi connectivity index (χ3v) is 5.28. The maximum atomic E-state index is 5.29. The fourth-order valence-electron chi connectivity index (χ4n) is 3.43. The third-order valence-electron chi connectivity index (χ3n) is 4.90. The predicted octanol–water partition coefficient (Wildman–Crippen LogP) is 4.99. The predicted molar refractivity (Wildman–Crippen MR) is 111 cm³/mol. The zero-order valence-corrected chi connectivity index (χ0v) is 17.0. The van der Waals surface area contributed by atoms with Crippen molar-refractivity contribution in [1.29, 1.82) is 0 Å². The second-order valence-corrected chi connectivity index (χ2v) is 7.17. The van der Waals surface area contributed by atoms with Gasteiger partial charge >= 0.3 is 0 Å². The molecule has 1 aromatic carbocycles. The molecule has 6 nitrogen and oxygen atoms in total. The Hall–Kier alpha value is -1.99. The van der Waals surface area contributed by atoms with E-state index < -0.39 is 0 Å². The van der Waals surface area contributed by atoms with E-state index in [0.29, 0.717) is 11.5 Å². The molecule has 1 N–H and O–H groups in total. The summed E-state index contributed by atoms with van der Waals surface area (Å²) in [6.45, 7) is 0.973. The fraction of sp³-hybridized carbons (Fsp3) is 0.500. The first-order valence-corrected chi connectivity index (χ1v) is 10.4. The summed E-state index contributed by atoms with van der Waals surface area (Å²) in [5.41, 5.74) is 2.63. The Bertz CT molecular complexity index is 862. The number of aromatic nitrogens is 3. The maximum absolute atomic E-state index is 5.29. The summed E-state index contributed by atoms with van der Waals surface area (Å²) in [6.07, 6.45) is 12.5. The quantitative estimate of drug-likeness (QED) is 0.620. The molecule has 7 heteroatoms. The second kappa shape index (κ2) is 9.80. The highest BCUT2D eigenvalue weighted by Crippen LogP contribution is 2.33. The monoisotopic (exact) mass is 389 g/mol. The number of nitrogens with zero attached hydrogens (tertiary/aromatic N) is 2. The van der Waals surface area contributed by atoms with Gasteiger partial charge < -0.3 is 18.6 Å². The number of hydrogen-bond acceptors (Lipinski definition) is 6. The van der Waals surface area contributed by atoms with Gasteiger partial charge in [0.05, 0.1) is 49.9 Å². The Balaban J connectivity index is 0.000000180. The van der Waals surface area contributed by atoms with Crippen molar-refractivity contribution < 1.29 is 13.7 Å². The number of aromatic amines is 1. The first-order valence-electron chi connectivity index (χ1n) is 9.26. The Kier molecular flexibility index (Phi) is 7.18. The molecule has 1 aliphatic carbocycles. The Morgan fingerprint density at radius 1 is 1.07 bits per heavy atom. The molecule has 2 heterocycles. The fourth-order valence-corrected chi connectivity index (χ4v) is 3.76. The van der Waals surface area contributed by atoms with Gasteiger partial charge in [0.25, 0.3) is 0 Å². The Labute approximate surface area is 164 Å². The van der Waals surface area contributed by atoms with E-state index in [0.717, 1.165) is 34.5 Å². The van der Waals surface area contributed by atoms with E-state index in [4.69, 9.17) is 13.7 Å². The highest BCUT2D eigenvalue weighted by Gasteiger charge is 2.13. The number of pyridine rings is 1. The highest BCUT2D eigenvalue weighted by atomic mass is 32.2. The molecule has 0 saturated heterocycles. The number of benzene rings is 1. The lowest BCUT2D eigenvalue weighted by Crippen LogP contribution is -2.10. The molecule has 3 aromatic rings. The van der Waals surface area contributed by atoms with Crippen LogP contribution in [0.3, 0.4) is 0 Å². The summed E-state index contributed by atoms with van der Waals surface area (Å²) in [5, 5.41) is 0.946. The van der Waals surface area contributed by atoms with E-state index in [1.165, 1.54) is 44.1 Å². The van der Waals surface area contributed by atoms with E-state index in [1.54, 1.807) is 26.7 Å². The number of ether oxygens (including phenoxy) is 2. The number of hydrogen-bond donors (Lipinski definition) is 1. The molecule has 0 amide bonds. The molecule has 146 valence electrons. The molecular formula is C20H27N3O3S. The molecule has 0 radical (unpaired) electrons. The number of fused-ring (bicyclic) bond motifs is 3. The molecule has 0 aliphatic heterocycles. The summed E-state index contributed by atoms with van der Waals surface area (Å²) in [5.74, 6) is 2.21. The average Bonchev–Trinajstić information content (AvgIpc) is 3.21. The Morgan fingerprint density at radius 3 is 2.52 bits per heavy atom. The van der Waals surface area contributed by atoms with Gasteiger partial charge in [-0.1, -0.05) is 19.3 Å². The van der Waals surface area contributed by atoms with Crippen LogP contribution in [0.2, 0.25) is 0 Å². The van der Waals surface area contributed by atoms with Gasteiger partial charge in [-0.05, 0) is 36.9 Å². The number of methoxy groups -OCH3 is 2. The van der Waals surface area contributed by atoms with Crippen molar-refractivity contribution in [1.82, 2.24) is 15.0 Å². The average molecular weight is 390 g/mol. The van der Waals surface area contributed by atoms with E-state index in [-0.39, 0.29) is 0 Å². The smallest absolute Gasteiger partial charge is 0.162 e. The van der Waals surface area contributed by atoms with Crippen molar-refractivity contribution >= 4 is 34.0 Å². The van der Waals surface area contributed by atoms with Crippen LogP contribution in [0.4, 0.5) is 0 Å².